The zero-order valence-corrected chi connectivity index (χ0v) is 9.45. The number of hydrogen-bond donors (Lipinski definition) is 2. The van der Waals surface area contributed by atoms with E-state index in [4.69, 9.17) is 5.11 Å². The number of halogens is 1. The van der Waals surface area contributed by atoms with Crippen LogP contribution in [0.3, 0.4) is 0 Å². The average molecular weight is 238 g/mol. The molecule has 1 aromatic carbocycles. The second-order valence-electron chi connectivity index (χ2n) is 4.10. The van der Waals surface area contributed by atoms with Crippen molar-refractivity contribution in [2.75, 3.05) is 24.5 Å². The van der Waals surface area contributed by atoms with Gasteiger partial charge in [0.25, 0.3) is 0 Å². The van der Waals surface area contributed by atoms with Gasteiger partial charge in [0.1, 0.15) is 5.82 Å². The summed E-state index contributed by atoms with van der Waals surface area (Å²) in [6.07, 6.45) is 0.830. The Bertz CT molecular complexity index is 423. The summed E-state index contributed by atoms with van der Waals surface area (Å²) in [5.74, 6) is -0.450. The Labute approximate surface area is 99.0 Å². The van der Waals surface area contributed by atoms with E-state index >= 15 is 0 Å². The van der Waals surface area contributed by atoms with Gasteiger partial charge in [0.15, 0.2) is 0 Å². The van der Waals surface area contributed by atoms with E-state index in [-0.39, 0.29) is 19.1 Å². The summed E-state index contributed by atoms with van der Waals surface area (Å²) in [6.45, 7) is 1.38. The monoisotopic (exact) mass is 238 g/mol. The molecule has 92 valence electrons. The lowest BCUT2D eigenvalue weighted by Crippen LogP contribution is -2.33. The minimum Gasteiger partial charge on any atom is -0.392 e. The molecule has 0 aromatic heterocycles. The highest BCUT2D eigenvalue weighted by molar-refractivity contribution is 5.81. The SMILES string of the molecule is O=C1CN(c2cc(F)cc(CO)c2)CCCN1. The lowest BCUT2D eigenvalue weighted by molar-refractivity contribution is -0.119. The van der Waals surface area contributed by atoms with Crippen LogP contribution in [-0.4, -0.2) is 30.6 Å². The normalized spacial score (nSPS) is 16.6. The van der Waals surface area contributed by atoms with Gasteiger partial charge >= 0.3 is 0 Å². The molecule has 4 nitrogen and oxygen atoms in total. The van der Waals surface area contributed by atoms with Gasteiger partial charge in [-0.05, 0) is 30.2 Å². The summed E-state index contributed by atoms with van der Waals surface area (Å²) < 4.78 is 13.3. The van der Waals surface area contributed by atoms with Crippen LogP contribution in [-0.2, 0) is 11.4 Å². The zero-order chi connectivity index (χ0) is 12.3. The van der Waals surface area contributed by atoms with Crippen LogP contribution in [0, 0.1) is 5.82 Å². The van der Waals surface area contributed by atoms with Gasteiger partial charge in [-0.25, -0.2) is 4.39 Å². The molecule has 1 amide bonds. The smallest absolute Gasteiger partial charge is 0.239 e. The number of nitrogens with one attached hydrogen (secondary N) is 1. The summed E-state index contributed by atoms with van der Waals surface area (Å²) in [5, 5.41) is 11.8. The van der Waals surface area contributed by atoms with Crippen molar-refractivity contribution in [3.8, 4) is 0 Å². The number of carbonyl (C=O) groups is 1. The summed E-state index contributed by atoms with van der Waals surface area (Å²) in [5.41, 5.74) is 1.16. The maximum absolute atomic E-state index is 13.3. The first kappa shape index (κ1) is 11.9. The molecule has 1 aromatic rings. The number of anilines is 1. The molecule has 1 fully saturated rings. The molecule has 1 heterocycles. The lowest BCUT2D eigenvalue weighted by Gasteiger charge is -2.21. The minimum atomic E-state index is -0.392. The van der Waals surface area contributed by atoms with E-state index in [9.17, 15) is 9.18 Å². The summed E-state index contributed by atoms with van der Waals surface area (Å²) in [7, 11) is 0. The van der Waals surface area contributed by atoms with Crippen molar-refractivity contribution in [1.29, 1.82) is 0 Å². The van der Waals surface area contributed by atoms with Crippen LogP contribution >= 0.6 is 0 Å². The molecule has 0 atom stereocenters. The van der Waals surface area contributed by atoms with Crippen LogP contribution in [0.15, 0.2) is 18.2 Å². The molecule has 5 heteroatoms. The largest absolute Gasteiger partial charge is 0.392 e. The highest BCUT2D eigenvalue weighted by Crippen LogP contribution is 2.19. The molecule has 0 saturated carbocycles. The molecule has 0 radical (unpaired) electrons. The molecular weight excluding hydrogens is 223 g/mol. The minimum absolute atomic E-state index is 0.0580. The van der Waals surface area contributed by atoms with Crippen LogP contribution in [0.25, 0.3) is 0 Å². The van der Waals surface area contributed by atoms with Crippen molar-refractivity contribution in [3.63, 3.8) is 0 Å². The van der Waals surface area contributed by atoms with Gasteiger partial charge in [-0.2, -0.15) is 0 Å². The quantitative estimate of drug-likeness (QED) is 0.795. The fraction of sp³-hybridized carbons (Fsp3) is 0.417. The standard InChI is InChI=1S/C12H15FN2O2/c13-10-4-9(8-16)5-11(6-10)15-3-1-2-14-12(17)7-15/h4-6,16H,1-3,7-8H2,(H,14,17). The molecule has 17 heavy (non-hydrogen) atoms. The molecule has 2 N–H and O–H groups in total. The second kappa shape index (κ2) is 5.14. The van der Waals surface area contributed by atoms with Crippen LogP contribution in [0.5, 0.6) is 0 Å². The van der Waals surface area contributed by atoms with Crippen molar-refractivity contribution < 1.29 is 14.3 Å². The van der Waals surface area contributed by atoms with Crippen molar-refractivity contribution in [1.82, 2.24) is 5.32 Å². The second-order valence-corrected chi connectivity index (χ2v) is 4.10. The third-order valence-electron chi connectivity index (χ3n) is 2.75. The van der Waals surface area contributed by atoms with E-state index < -0.39 is 5.82 Å². The van der Waals surface area contributed by atoms with Crippen LogP contribution in [0.1, 0.15) is 12.0 Å². The van der Waals surface area contributed by atoms with Gasteiger partial charge in [0.2, 0.25) is 5.91 Å². The molecule has 1 aliphatic heterocycles. The molecule has 0 aliphatic carbocycles. The molecule has 1 aliphatic rings. The Balaban J connectivity index is 2.25. The van der Waals surface area contributed by atoms with E-state index in [1.165, 1.54) is 12.1 Å². The molecule has 2 rings (SSSR count). The van der Waals surface area contributed by atoms with Gasteiger partial charge < -0.3 is 15.3 Å². The van der Waals surface area contributed by atoms with Crippen molar-refractivity contribution in [3.05, 3.63) is 29.6 Å². The third kappa shape index (κ3) is 2.94. The highest BCUT2D eigenvalue weighted by Gasteiger charge is 2.15. The third-order valence-corrected chi connectivity index (χ3v) is 2.75. The van der Waals surface area contributed by atoms with E-state index in [0.717, 1.165) is 6.42 Å². The highest BCUT2D eigenvalue weighted by atomic mass is 19.1. The maximum atomic E-state index is 13.3. The van der Waals surface area contributed by atoms with Crippen molar-refractivity contribution in [2.45, 2.75) is 13.0 Å². The van der Waals surface area contributed by atoms with Gasteiger partial charge in [0.05, 0.1) is 13.2 Å². The molecule has 0 unspecified atom stereocenters. The first-order valence-corrected chi connectivity index (χ1v) is 5.61. The number of aliphatic hydroxyl groups is 1. The van der Waals surface area contributed by atoms with Crippen molar-refractivity contribution >= 4 is 11.6 Å². The van der Waals surface area contributed by atoms with Crippen LogP contribution in [0.2, 0.25) is 0 Å². The molecule has 1 saturated heterocycles. The zero-order valence-electron chi connectivity index (χ0n) is 9.45. The summed E-state index contributed by atoms with van der Waals surface area (Å²) >= 11 is 0. The van der Waals surface area contributed by atoms with E-state index in [1.54, 1.807) is 6.07 Å². The summed E-state index contributed by atoms with van der Waals surface area (Å²) in [6, 6.07) is 4.39. The predicted octanol–water partition coefficient (Wildman–Crippen LogP) is 0.644. The topological polar surface area (TPSA) is 52.6 Å². The number of hydrogen-bond acceptors (Lipinski definition) is 3. The Morgan fingerprint density at radius 1 is 1.41 bits per heavy atom. The number of nitrogens with zero attached hydrogens (tertiary/aromatic N) is 1. The Hall–Kier alpha value is -1.62. The summed E-state index contributed by atoms with van der Waals surface area (Å²) in [4.78, 5) is 13.2. The van der Waals surface area contributed by atoms with Gasteiger partial charge in [0, 0.05) is 18.8 Å². The van der Waals surface area contributed by atoms with Gasteiger partial charge in [-0.1, -0.05) is 0 Å². The average Bonchev–Trinajstić information content (AvgIpc) is 2.53. The van der Waals surface area contributed by atoms with Crippen LogP contribution in [0.4, 0.5) is 10.1 Å². The van der Waals surface area contributed by atoms with Gasteiger partial charge in [-0.3, -0.25) is 4.79 Å². The Kier molecular flexibility index (Phi) is 3.58. The molecule has 0 bridgehead atoms. The first-order chi connectivity index (χ1) is 8.19. The maximum Gasteiger partial charge on any atom is 0.239 e. The molecular formula is C12H15FN2O2. The first-order valence-electron chi connectivity index (χ1n) is 5.61. The van der Waals surface area contributed by atoms with Crippen LogP contribution < -0.4 is 10.2 Å². The van der Waals surface area contributed by atoms with Crippen molar-refractivity contribution in [2.24, 2.45) is 0 Å². The number of aliphatic hydroxyl groups excluding tert-OH is 1. The Morgan fingerprint density at radius 3 is 3.00 bits per heavy atom. The fourth-order valence-electron chi connectivity index (χ4n) is 1.93. The Morgan fingerprint density at radius 2 is 2.24 bits per heavy atom. The van der Waals surface area contributed by atoms with E-state index in [2.05, 4.69) is 5.32 Å². The predicted molar refractivity (Wildman–Crippen MR) is 62.2 cm³/mol. The number of carbonyl (C=O) groups excluding carboxylic acids is 1. The number of benzene rings is 1. The molecule has 0 spiro atoms. The fourth-order valence-corrected chi connectivity index (χ4v) is 1.93. The number of amides is 1. The van der Waals surface area contributed by atoms with Gasteiger partial charge in [-0.15, -0.1) is 0 Å². The lowest BCUT2D eigenvalue weighted by atomic mass is 10.2. The van der Waals surface area contributed by atoms with E-state index in [0.29, 0.717) is 24.3 Å². The number of rotatable bonds is 2. The van der Waals surface area contributed by atoms with E-state index in [1.807, 2.05) is 4.90 Å².